The fourth-order valence-corrected chi connectivity index (χ4v) is 5.58. The van der Waals surface area contributed by atoms with Crippen LogP contribution in [0.3, 0.4) is 0 Å². The number of nitrogens with one attached hydrogen (secondary N) is 1. The third-order valence-electron chi connectivity index (χ3n) is 5.59. The van der Waals surface area contributed by atoms with Crippen molar-refractivity contribution in [2.24, 2.45) is 12.8 Å². The van der Waals surface area contributed by atoms with E-state index in [9.17, 15) is 18.0 Å². The van der Waals surface area contributed by atoms with Crippen LogP contribution in [0, 0.1) is 0 Å². The Balaban J connectivity index is 1.78. The Morgan fingerprint density at radius 2 is 2.09 bits per heavy atom. The highest BCUT2D eigenvalue weighted by Crippen LogP contribution is 2.52. The first-order valence-electron chi connectivity index (χ1n) is 10.2. The van der Waals surface area contributed by atoms with Crippen LogP contribution in [-0.2, 0) is 24.4 Å². The van der Waals surface area contributed by atoms with E-state index in [1.165, 1.54) is 23.9 Å². The Hall–Kier alpha value is -1.97. The fourth-order valence-electron chi connectivity index (χ4n) is 3.96. The number of halogens is 4. The summed E-state index contributed by atoms with van der Waals surface area (Å²) in [5, 5.41) is 7.59. The summed E-state index contributed by atoms with van der Waals surface area (Å²) >= 11 is 7.79. The second-order valence-electron chi connectivity index (χ2n) is 7.99. The third-order valence-corrected chi connectivity index (χ3v) is 7.43. The van der Waals surface area contributed by atoms with Gasteiger partial charge < -0.3 is 11.1 Å². The number of hydrogen-bond acceptors (Lipinski definition) is 4. The third kappa shape index (κ3) is 5.00. The van der Waals surface area contributed by atoms with E-state index in [-0.39, 0.29) is 24.4 Å². The molecular formula is C22H26ClF3N4OS. The number of hydrogen-bond donors (Lipinski definition) is 2. The van der Waals surface area contributed by atoms with E-state index >= 15 is 0 Å². The molecule has 2 heterocycles. The van der Waals surface area contributed by atoms with Gasteiger partial charge in [-0.2, -0.15) is 18.3 Å². The van der Waals surface area contributed by atoms with Crippen LogP contribution in [0.1, 0.15) is 43.5 Å². The number of carbonyl (C=O) groups is 1. The number of carbonyl (C=O) groups excluding carboxylic acids is 1. The van der Waals surface area contributed by atoms with Gasteiger partial charge >= 0.3 is 6.18 Å². The van der Waals surface area contributed by atoms with Crippen LogP contribution < -0.4 is 11.1 Å². The predicted octanol–water partition coefficient (Wildman–Crippen LogP) is 4.80. The first kappa shape index (κ1) is 24.7. The number of amides is 1. The molecule has 5 nitrogen and oxygen atoms in total. The largest absolute Gasteiger partial charge is 0.416 e. The summed E-state index contributed by atoms with van der Waals surface area (Å²) in [5.74, 6) is -0.262. The zero-order valence-electron chi connectivity index (χ0n) is 18.1. The van der Waals surface area contributed by atoms with E-state index in [2.05, 4.69) is 10.4 Å². The average molecular weight is 487 g/mol. The van der Waals surface area contributed by atoms with Crippen LogP contribution in [0.4, 0.5) is 13.2 Å². The van der Waals surface area contributed by atoms with Crippen molar-refractivity contribution in [1.29, 1.82) is 0 Å². The molecule has 1 aliphatic heterocycles. The zero-order chi connectivity index (χ0) is 23.7. The van der Waals surface area contributed by atoms with E-state index in [0.29, 0.717) is 11.4 Å². The van der Waals surface area contributed by atoms with Crippen molar-refractivity contribution in [3.05, 3.63) is 57.2 Å². The number of rotatable bonds is 7. The summed E-state index contributed by atoms with van der Waals surface area (Å²) in [7, 11) is 1.80. The minimum absolute atomic E-state index is 0.00680. The lowest BCUT2D eigenvalue weighted by Crippen LogP contribution is -2.49. The number of nitrogens with zero attached hydrogens (tertiary/aromatic N) is 2. The van der Waals surface area contributed by atoms with Crippen molar-refractivity contribution < 1.29 is 18.0 Å². The van der Waals surface area contributed by atoms with Crippen molar-refractivity contribution in [2.75, 3.05) is 6.54 Å². The second kappa shape index (κ2) is 9.49. The van der Waals surface area contributed by atoms with Gasteiger partial charge in [0.1, 0.15) is 4.75 Å². The molecule has 2 aromatic rings. The summed E-state index contributed by atoms with van der Waals surface area (Å²) in [6, 6.07) is 4.73. The van der Waals surface area contributed by atoms with Crippen molar-refractivity contribution in [1.82, 2.24) is 15.1 Å². The summed E-state index contributed by atoms with van der Waals surface area (Å²) in [5.41, 5.74) is 6.96. The minimum atomic E-state index is -4.47. The molecule has 1 aromatic carbocycles. The van der Waals surface area contributed by atoms with Gasteiger partial charge in [0.2, 0.25) is 5.91 Å². The number of benzene rings is 1. The first-order valence-corrected chi connectivity index (χ1v) is 11.4. The van der Waals surface area contributed by atoms with Gasteiger partial charge in [-0.05, 0) is 48.3 Å². The lowest BCUT2D eigenvalue weighted by Gasteiger charge is -2.27. The van der Waals surface area contributed by atoms with E-state index in [0.717, 1.165) is 28.7 Å². The Bertz CT molecular complexity index is 1020. The maximum Gasteiger partial charge on any atom is 0.416 e. The maximum atomic E-state index is 13.4. The van der Waals surface area contributed by atoms with E-state index in [1.54, 1.807) is 24.0 Å². The van der Waals surface area contributed by atoms with Crippen LogP contribution in [0.5, 0.6) is 0 Å². The molecule has 1 amide bonds. The molecule has 1 aromatic heterocycles. The molecule has 0 bridgehead atoms. The Kier molecular flexibility index (Phi) is 7.31. The van der Waals surface area contributed by atoms with Crippen molar-refractivity contribution in [3.8, 4) is 0 Å². The number of alkyl halides is 3. The molecule has 174 valence electrons. The molecule has 3 N–H and O–H groups in total. The number of allylic oxidation sites excluding steroid dienone is 2. The predicted molar refractivity (Wildman–Crippen MR) is 122 cm³/mol. The van der Waals surface area contributed by atoms with Gasteiger partial charge in [0.25, 0.3) is 0 Å². The van der Waals surface area contributed by atoms with Gasteiger partial charge in [-0.25, -0.2) is 0 Å². The SMILES string of the molecule is CCC1=C(c2c(Cl)cnn2C)CC(C)(C(=O)N[C@H](CN)Cc2ccccc2C(F)(F)F)S1. The van der Waals surface area contributed by atoms with E-state index in [4.69, 9.17) is 17.3 Å². The van der Waals surface area contributed by atoms with Crippen LogP contribution in [0.15, 0.2) is 35.4 Å². The van der Waals surface area contributed by atoms with Gasteiger partial charge in [-0.1, -0.05) is 36.7 Å². The smallest absolute Gasteiger partial charge is 0.351 e. The summed E-state index contributed by atoms with van der Waals surface area (Å²) < 4.78 is 40.9. The molecule has 0 fully saturated rings. The Morgan fingerprint density at radius 1 is 1.41 bits per heavy atom. The molecule has 32 heavy (non-hydrogen) atoms. The second-order valence-corrected chi connectivity index (χ2v) is 10.00. The van der Waals surface area contributed by atoms with Crippen molar-refractivity contribution >= 4 is 34.8 Å². The Labute approximate surface area is 194 Å². The monoisotopic (exact) mass is 486 g/mol. The highest BCUT2D eigenvalue weighted by Gasteiger charge is 2.43. The number of aryl methyl sites for hydroxylation is 1. The summed E-state index contributed by atoms with van der Waals surface area (Å²) in [4.78, 5) is 14.3. The van der Waals surface area contributed by atoms with Crippen molar-refractivity contribution in [3.63, 3.8) is 0 Å². The maximum absolute atomic E-state index is 13.4. The topological polar surface area (TPSA) is 72.9 Å². The number of thioether (sulfide) groups is 1. The first-order chi connectivity index (χ1) is 15.0. The fraction of sp³-hybridized carbons (Fsp3) is 0.455. The van der Waals surface area contributed by atoms with Gasteiger partial charge in [0, 0.05) is 19.6 Å². The quantitative estimate of drug-likeness (QED) is 0.590. The molecule has 1 unspecified atom stereocenters. The van der Waals surface area contributed by atoms with Crippen LogP contribution in [0.2, 0.25) is 5.02 Å². The number of aromatic nitrogens is 2. The van der Waals surface area contributed by atoms with Gasteiger partial charge in [-0.3, -0.25) is 9.48 Å². The molecule has 0 saturated carbocycles. The minimum Gasteiger partial charge on any atom is -0.351 e. The highest BCUT2D eigenvalue weighted by molar-refractivity contribution is 8.05. The van der Waals surface area contributed by atoms with Gasteiger partial charge in [0.05, 0.1) is 22.5 Å². The van der Waals surface area contributed by atoms with Crippen molar-refractivity contribution in [2.45, 2.75) is 50.1 Å². The molecule has 0 aliphatic carbocycles. The van der Waals surface area contributed by atoms with Gasteiger partial charge in [-0.15, -0.1) is 11.8 Å². The zero-order valence-corrected chi connectivity index (χ0v) is 19.7. The summed E-state index contributed by atoms with van der Waals surface area (Å²) in [6.07, 6.45) is -1.75. The lowest BCUT2D eigenvalue weighted by molar-refractivity contribution is -0.138. The molecule has 2 atom stereocenters. The standard InChI is InChI=1S/C22H26ClF3N4OS/c1-4-18-15(19-17(23)12-28-30(19)3)10-21(2,32-18)20(31)29-14(11-27)9-13-7-5-6-8-16(13)22(24,25)26/h5-8,12,14H,4,9-11,27H2,1-3H3,(H,29,31)/t14-,21?/m0/s1. The molecule has 0 saturated heterocycles. The lowest BCUT2D eigenvalue weighted by atomic mass is 9.95. The van der Waals surface area contributed by atoms with E-state index < -0.39 is 22.5 Å². The molecular weight excluding hydrogens is 461 g/mol. The van der Waals surface area contributed by atoms with Crippen LogP contribution in [-0.4, -0.2) is 33.0 Å². The van der Waals surface area contributed by atoms with Crippen LogP contribution >= 0.6 is 23.4 Å². The normalized spacial score (nSPS) is 20.0. The van der Waals surface area contributed by atoms with E-state index in [1.807, 2.05) is 13.8 Å². The Morgan fingerprint density at radius 3 is 2.66 bits per heavy atom. The summed E-state index contributed by atoms with van der Waals surface area (Å²) in [6.45, 7) is 3.86. The highest BCUT2D eigenvalue weighted by atomic mass is 35.5. The molecule has 1 aliphatic rings. The molecule has 3 rings (SSSR count). The van der Waals surface area contributed by atoms with Crippen LogP contribution in [0.25, 0.3) is 5.57 Å². The van der Waals surface area contributed by atoms with Gasteiger partial charge in [0.15, 0.2) is 0 Å². The molecule has 0 radical (unpaired) electrons. The average Bonchev–Trinajstić information content (AvgIpc) is 3.25. The molecule has 10 heteroatoms. The molecule has 0 spiro atoms. The number of nitrogens with two attached hydrogens (primary N) is 1.